The number of nitrogens with two attached hydrogens (primary N) is 1. The van der Waals surface area contributed by atoms with Gasteiger partial charge in [0.1, 0.15) is 0 Å². The van der Waals surface area contributed by atoms with E-state index in [-0.39, 0.29) is 0 Å². The van der Waals surface area contributed by atoms with Gasteiger partial charge in [-0.05, 0) is 31.3 Å². The van der Waals surface area contributed by atoms with Crippen LogP contribution in [0.4, 0.5) is 5.69 Å². The zero-order chi connectivity index (χ0) is 12.3. The van der Waals surface area contributed by atoms with Gasteiger partial charge in [-0.2, -0.15) is 5.10 Å². The van der Waals surface area contributed by atoms with Crippen molar-refractivity contribution in [3.05, 3.63) is 24.4 Å². The Hall–Kier alpha value is -1.55. The molecule has 0 aliphatic rings. The van der Waals surface area contributed by atoms with Gasteiger partial charge in [-0.1, -0.05) is 13.8 Å². The van der Waals surface area contributed by atoms with Crippen LogP contribution in [0.15, 0.2) is 24.4 Å². The maximum Gasteiger partial charge on any atom is 0.0703 e. The zero-order valence-electron chi connectivity index (χ0n) is 10.6. The van der Waals surface area contributed by atoms with Crippen LogP contribution in [0.5, 0.6) is 0 Å². The van der Waals surface area contributed by atoms with Gasteiger partial charge in [-0.3, -0.25) is 4.68 Å². The van der Waals surface area contributed by atoms with E-state index in [2.05, 4.69) is 23.8 Å². The molecule has 0 unspecified atom stereocenters. The van der Waals surface area contributed by atoms with Gasteiger partial charge >= 0.3 is 0 Å². The number of hydrogen-bond donors (Lipinski definition) is 1. The molecule has 0 aliphatic heterocycles. The second-order valence-corrected chi connectivity index (χ2v) is 4.21. The Morgan fingerprint density at radius 2 is 2.06 bits per heavy atom. The summed E-state index contributed by atoms with van der Waals surface area (Å²) >= 11 is 0. The van der Waals surface area contributed by atoms with Crippen molar-refractivity contribution in [2.24, 2.45) is 0 Å². The lowest BCUT2D eigenvalue weighted by Gasteiger charge is -2.17. The van der Waals surface area contributed by atoms with E-state index in [1.807, 2.05) is 29.1 Å². The minimum atomic E-state index is 0.794. The molecular weight excluding hydrogens is 212 g/mol. The second kappa shape index (κ2) is 5.19. The number of aromatic nitrogens is 2. The van der Waals surface area contributed by atoms with Crippen molar-refractivity contribution in [2.75, 3.05) is 25.4 Å². The maximum absolute atomic E-state index is 5.81. The van der Waals surface area contributed by atoms with Crippen LogP contribution in [0.3, 0.4) is 0 Å². The molecule has 0 amide bonds. The lowest BCUT2D eigenvalue weighted by atomic mass is 10.2. The van der Waals surface area contributed by atoms with E-state index in [0.29, 0.717) is 0 Å². The van der Waals surface area contributed by atoms with Crippen molar-refractivity contribution in [2.45, 2.75) is 20.4 Å². The average molecular weight is 232 g/mol. The molecule has 0 saturated heterocycles. The van der Waals surface area contributed by atoms with E-state index in [1.54, 1.807) is 0 Å². The highest BCUT2D eigenvalue weighted by Gasteiger charge is 2.04. The van der Waals surface area contributed by atoms with Crippen molar-refractivity contribution in [3.63, 3.8) is 0 Å². The third kappa shape index (κ3) is 2.58. The van der Waals surface area contributed by atoms with Crippen LogP contribution in [0.25, 0.3) is 10.9 Å². The Bertz CT molecular complexity index is 485. The highest BCUT2D eigenvalue weighted by atomic mass is 15.3. The summed E-state index contributed by atoms with van der Waals surface area (Å²) in [5.74, 6) is 0. The highest BCUT2D eigenvalue weighted by molar-refractivity contribution is 5.81. The molecule has 2 N–H and O–H groups in total. The van der Waals surface area contributed by atoms with Crippen molar-refractivity contribution in [3.8, 4) is 0 Å². The summed E-state index contributed by atoms with van der Waals surface area (Å²) in [6.07, 6.45) is 1.90. The Kier molecular flexibility index (Phi) is 3.64. The van der Waals surface area contributed by atoms with Crippen LogP contribution < -0.4 is 5.73 Å². The van der Waals surface area contributed by atoms with Gasteiger partial charge in [0.2, 0.25) is 0 Å². The van der Waals surface area contributed by atoms with Gasteiger partial charge in [0.05, 0.1) is 18.3 Å². The van der Waals surface area contributed by atoms with E-state index < -0.39 is 0 Å². The largest absolute Gasteiger partial charge is 0.399 e. The smallest absolute Gasteiger partial charge is 0.0703 e. The zero-order valence-corrected chi connectivity index (χ0v) is 10.6. The molecule has 92 valence electrons. The lowest BCUT2D eigenvalue weighted by Crippen LogP contribution is -2.27. The average Bonchev–Trinajstić information content (AvgIpc) is 2.73. The fourth-order valence-electron chi connectivity index (χ4n) is 2.04. The number of likely N-dealkylation sites (N-methyl/N-ethyl adjacent to an activating group) is 1. The summed E-state index contributed by atoms with van der Waals surface area (Å²) in [5.41, 5.74) is 7.72. The number of nitrogen functional groups attached to an aromatic ring is 1. The van der Waals surface area contributed by atoms with Crippen LogP contribution in [0.1, 0.15) is 13.8 Å². The fraction of sp³-hybridized carbons (Fsp3) is 0.462. The minimum Gasteiger partial charge on any atom is -0.399 e. The number of fused-ring (bicyclic) bond motifs is 1. The molecule has 0 spiro atoms. The summed E-state index contributed by atoms with van der Waals surface area (Å²) in [5, 5.41) is 5.56. The topological polar surface area (TPSA) is 47.1 Å². The third-order valence-electron chi connectivity index (χ3n) is 3.19. The SMILES string of the molecule is CCN(CC)CCn1ncc2ccc(N)cc21. The number of nitrogens with zero attached hydrogens (tertiary/aromatic N) is 3. The summed E-state index contributed by atoms with van der Waals surface area (Å²) in [6, 6.07) is 5.93. The van der Waals surface area contributed by atoms with Crippen LogP contribution in [-0.2, 0) is 6.54 Å². The Balaban J connectivity index is 2.16. The van der Waals surface area contributed by atoms with Crippen LogP contribution >= 0.6 is 0 Å². The minimum absolute atomic E-state index is 0.794. The van der Waals surface area contributed by atoms with Gasteiger partial charge in [-0.25, -0.2) is 0 Å². The third-order valence-corrected chi connectivity index (χ3v) is 3.19. The molecule has 0 bridgehead atoms. The lowest BCUT2D eigenvalue weighted by molar-refractivity contribution is 0.287. The van der Waals surface area contributed by atoms with Gasteiger partial charge in [0.25, 0.3) is 0 Å². The van der Waals surface area contributed by atoms with Crippen LogP contribution in [0, 0.1) is 0 Å². The highest BCUT2D eigenvalue weighted by Crippen LogP contribution is 2.16. The molecule has 1 heterocycles. The van der Waals surface area contributed by atoms with Crippen LogP contribution in [-0.4, -0.2) is 34.3 Å². The van der Waals surface area contributed by atoms with Crippen molar-refractivity contribution in [1.82, 2.24) is 14.7 Å². The standard InChI is InChI=1S/C13H20N4/c1-3-16(4-2)7-8-17-13-9-12(14)6-5-11(13)10-15-17/h5-6,9-10H,3-4,7-8,14H2,1-2H3. The van der Waals surface area contributed by atoms with Crippen molar-refractivity contribution >= 4 is 16.6 Å². The quantitative estimate of drug-likeness (QED) is 0.802. The first-order valence-electron chi connectivity index (χ1n) is 6.18. The normalized spacial score (nSPS) is 11.5. The van der Waals surface area contributed by atoms with E-state index in [9.17, 15) is 0 Å². The molecule has 0 fully saturated rings. The summed E-state index contributed by atoms with van der Waals surface area (Å²) in [7, 11) is 0. The number of hydrogen-bond acceptors (Lipinski definition) is 3. The molecule has 0 radical (unpaired) electrons. The maximum atomic E-state index is 5.81. The van der Waals surface area contributed by atoms with Gasteiger partial charge in [0, 0.05) is 17.6 Å². The van der Waals surface area contributed by atoms with Gasteiger partial charge in [-0.15, -0.1) is 0 Å². The number of anilines is 1. The number of benzene rings is 1. The molecule has 2 aromatic rings. The van der Waals surface area contributed by atoms with Crippen LogP contribution in [0.2, 0.25) is 0 Å². The fourth-order valence-corrected chi connectivity index (χ4v) is 2.04. The Labute approximate surface area is 102 Å². The van der Waals surface area contributed by atoms with E-state index in [4.69, 9.17) is 5.73 Å². The first-order chi connectivity index (χ1) is 8.24. The molecule has 0 atom stereocenters. The van der Waals surface area contributed by atoms with E-state index in [0.717, 1.165) is 42.8 Å². The van der Waals surface area contributed by atoms with E-state index in [1.165, 1.54) is 0 Å². The molecular formula is C13H20N4. The summed E-state index contributed by atoms with van der Waals surface area (Å²) in [6.45, 7) is 8.47. The van der Waals surface area contributed by atoms with Crippen molar-refractivity contribution < 1.29 is 0 Å². The van der Waals surface area contributed by atoms with E-state index >= 15 is 0 Å². The summed E-state index contributed by atoms with van der Waals surface area (Å²) < 4.78 is 2.03. The molecule has 1 aromatic heterocycles. The Morgan fingerprint density at radius 1 is 1.29 bits per heavy atom. The number of rotatable bonds is 5. The van der Waals surface area contributed by atoms with Crippen molar-refractivity contribution in [1.29, 1.82) is 0 Å². The molecule has 0 saturated carbocycles. The predicted octanol–water partition coefficient (Wildman–Crippen LogP) is 1.96. The summed E-state index contributed by atoms with van der Waals surface area (Å²) in [4.78, 5) is 2.39. The molecule has 0 aliphatic carbocycles. The molecule has 17 heavy (non-hydrogen) atoms. The monoisotopic (exact) mass is 232 g/mol. The first kappa shape index (κ1) is 11.9. The molecule has 1 aromatic carbocycles. The molecule has 2 rings (SSSR count). The first-order valence-corrected chi connectivity index (χ1v) is 6.18. The van der Waals surface area contributed by atoms with Gasteiger partial charge in [0.15, 0.2) is 0 Å². The second-order valence-electron chi connectivity index (χ2n) is 4.21. The van der Waals surface area contributed by atoms with Gasteiger partial charge < -0.3 is 10.6 Å². The Morgan fingerprint density at radius 3 is 2.76 bits per heavy atom. The molecule has 4 heteroatoms. The predicted molar refractivity (Wildman–Crippen MR) is 71.9 cm³/mol. The molecule has 4 nitrogen and oxygen atoms in total.